The second kappa shape index (κ2) is 7.65. The van der Waals surface area contributed by atoms with Gasteiger partial charge in [-0.15, -0.1) is 0 Å². The van der Waals surface area contributed by atoms with E-state index in [2.05, 4.69) is 48.3 Å². The minimum atomic E-state index is 0.510. The molecule has 0 bridgehead atoms. The molecule has 1 fully saturated rings. The SMILES string of the molecule is CCC(c1ccc(OC)cc1)N(CC)C1CCCNC1. The summed E-state index contributed by atoms with van der Waals surface area (Å²) in [4.78, 5) is 2.66. The molecule has 0 aliphatic carbocycles. The highest BCUT2D eigenvalue weighted by Crippen LogP contribution is 2.29. The van der Waals surface area contributed by atoms with Crippen LogP contribution in [0.4, 0.5) is 0 Å². The lowest BCUT2D eigenvalue weighted by molar-refractivity contribution is 0.115. The largest absolute Gasteiger partial charge is 0.497 e. The van der Waals surface area contributed by atoms with Gasteiger partial charge in [-0.3, -0.25) is 4.90 Å². The van der Waals surface area contributed by atoms with E-state index in [1.54, 1.807) is 7.11 Å². The first-order chi connectivity index (χ1) is 9.80. The monoisotopic (exact) mass is 276 g/mol. The number of likely N-dealkylation sites (N-methyl/N-ethyl adjacent to an activating group) is 1. The maximum atomic E-state index is 5.26. The molecule has 2 rings (SSSR count). The van der Waals surface area contributed by atoms with Crippen molar-refractivity contribution in [2.45, 2.75) is 45.2 Å². The Labute approximate surface area is 123 Å². The third kappa shape index (κ3) is 3.53. The van der Waals surface area contributed by atoms with Crippen molar-refractivity contribution in [1.82, 2.24) is 10.2 Å². The van der Waals surface area contributed by atoms with Crippen LogP contribution in [0.15, 0.2) is 24.3 Å². The van der Waals surface area contributed by atoms with E-state index in [-0.39, 0.29) is 0 Å². The Morgan fingerprint density at radius 2 is 2.05 bits per heavy atom. The number of piperidine rings is 1. The number of benzene rings is 1. The van der Waals surface area contributed by atoms with Gasteiger partial charge in [-0.2, -0.15) is 0 Å². The fraction of sp³-hybridized carbons (Fsp3) is 0.647. The number of hydrogen-bond acceptors (Lipinski definition) is 3. The van der Waals surface area contributed by atoms with E-state index in [0.29, 0.717) is 12.1 Å². The number of ether oxygens (including phenoxy) is 1. The maximum absolute atomic E-state index is 5.26. The predicted molar refractivity (Wildman–Crippen MR) is 84.3 cm³/mol. The zero-order chi connectivity index (χ0) is 14.4. The lowest BCUT2D eigenvalue weighted by Crippen LogP contribution is -2.47. The van der Waals surface area contributed by atoms with Crippen molar-refractivity contribution in [2.24, 2.45) is 0 Å². The molecule has 2 atom stereocenters. The van der Waals surface area contributed by atoms with Crippen LogP contribution in [0.3, 0.4) is 0 Å². The minimum Gasteiger partial charge on any atom is -0.497 e. The highest BCUT2D eigenvalue weighted by molar-refractivity contribution is 5.29. The molecule has 0 spiro atoms. The Morgan fingerprint density at radius 1 is 1.30 bits per heavy atom. The van der Waals surface area contributed by atoms with Crippen LogP contribution >= 0.6 is 0 Å². The number of hydrogen-bond donors (Lipinski definition) is 1. The van der Waals surface area contributed by atoms with Gasteiger partial charge in [-0.1, -0.05) is 26.0 Å². The normalized spacial score (nSPS) is 20.9. The van der Waals surface area contributed by atoms with Crippen molar-refractivity contribution in [3.8, 4) is 5.75 Å². The van der Waals surface area contributed by atoms with Gasteiger partial charge in [-0.05, 0) is 50.0 Å². The molecule has 112 valence electrons. The Bertz CT molecular complexity index is 384. The van der Waals surface area contributed by atoms with Crippen molar-refractivity contribution in [3.63, 3.8) is 0 Å². The van der Waals surface area contributed by atoms with Crippen molar-refractivity contribution < 1.29 is 4.74 Å². The van der Waals surface area contributed by atoms with Gasteiger partial charge >= 0.3 is 0 Å². The highest BCUT2D eigenvalue weighted by Gasteiger charge is 2.26. The lowest BCUT2D eigenvalue weighted by Gasteiger charge is -2.39. The molecule has 3 nitrogen and oxygen atoms in total. The molecule has 1 heterocycles. The van der Waals surface area contributed by atoms with E-state index >= 15 is 0 Å². The molecule has 2 unspecified atom stereocenters. The summed E-state index contributed by atoms with van der Waals surface area (Å²) in [6, 6.07) is 9.75. The first kappa shape index (κ1) is 15.3. The predicted octanol–water partition coefficient (Wildman–Crippen LogP) is 3.22. The molecule has 1 aromatic carbocycles. The molecule has 0 radical (unpaired) electrons. The van der Waals surface area contributed by atoms with Gasteiger partial charge in [0.05, 0.1) is 7.11 Å². The smallest absolute Gasteiger partial charge is 0.118 e. The van der Waals surface area contributed by atoms with Crippen LogP contribution in [0.2, 0.25) is 0 Å². The average molecular weight is 276 g/mol. The van der Waals surface area contributed by atoms with Gasteiger partial charge < -0.3 is 10.1 Å². The number of nitrogens with zero attached hydrogens (tertiary/aromatic N) is 1. The molecule has 1 aliphatic heterocycles. The molecule has 20 heavy (non-hydrogen) atoms. The van der Waals surface area contributed by atoms with Crippen LogP contribution in [0.25, 0.3) is 0 Å². The lowest BCUT2D eigenvalue weighted by atomic mass is 9.97. The van der Waals surface area contributed by atoms with Crippen LogP contribution in [-0.2, 0) is 0 Å². The van der Waals surface area contributed by atoms with Crippen LogP contribution in [0.1, 0.15) is 44.7 Å². The molecule has 0 aromatic heterocycles. The zero-order valence-corrected chi connectivity index (χ0v) is 13.1. The van der Waals surface area contributed by atoms with E-state index in [1.807, 2.05) is 0 Å². The van der Waals surface area contributed by atoms with Gasteiger partial charge in [0, 0.05) is 18.6 Å². The van der Waals surface area contributed by atoms with Gasteiger partial charge in [0.2, 0.25) is 0 Å². The van der Waals surface area contributed by atoms with Gasteiger partial charge in [0.25, 0.3) is 0 Å². The van der Waals surface area contributed by atoms with Crippen molar-refractivity contribution >= 4 is 0 Å². The molecular formula is C17H28N2O. The second-order valence-corrected chi connectivity index (χ2v) is 5.53. The molecular weight excluding hydrogens is 248 g/mol. The molecule has 0 amide bonds. The quantitative estimate of drug-likeness (QED) is 0.863. The summed E-state index contributed by atoms with van der Waals surface area (Å²) < 4.78 is 5.26. The number of nitrogens with one attached hydrogen (secondary N) is 1. The fourth-order valence-corrected chi connectivity index (χ4v) is 3.34. The topological polar surface area (TPSA) is 24.5 Å². The van der Waals surface area contributed by atoms with Gasteiger partial charge in [0.1, 0.15) is 5.75 Å². The Morgan fingerprint density at radius 3 is 2.55 bits per heavy atom. The summed E-state index contributed by atoms with van der Waals surface area (Å²) >= 11 is 0. The molecule has 3 heteroatoms. The van der Waals surface area contributed by atoms with Crippen molar-refractivity contribution in [2.75, 3.05) is 26.7 Å². The fourth-order valence-electron chi connectivity index (χ4n) is 3.34. The van der Waals surface area contributed by atoms with E-state index in [4.69, 9.17) is 4.74 Å². The minimum absolute atomic E-state index is 0.510. The van der Waals surface area contributed by atoms with Crippen LogP contribution < -0.4 is 10.1 Å². The summed E-state index contributed by atoms with van der Waals surface area (Å²) in [5.41, 5.74) is 1.40. The van der Waals surface area contributed by atoms with Gasteiger partial charge in [-0.25, -0.2) is 0 Å². The molecule has 0 saturated carbocycles. The first-order valence-electron chi connectivity index (χ1n) is 7.90. The van der Waals surface area contributed by atoms with E-state index in [1.165, 1.54) is 24.9 Å². The van der Waals surface area contributed by atoms with E-state index in [9.17, 15) is 0 Å². The summed E-state index contributed by atoms with van der Waals surface area (Å²) in [5.74, 6) is 0.936. The van der Waals surface area contributed by atoms with E-state index < -0.39 is 0 Å². The number of methoxy groups -OCH3 is 1. The van der Waals surface area contributed by atoms with E-state index in [0.717, 1.165) is 25.3 Å². The third-order valence-corrected chi connectivity index (χ3v) is 4.39. The van der Waals surface area contributed by atoms with Crippen LogP contribution in [0, 0.1) is 0 Å². The van der Waals surface area contributed by atoms with Gasteiger partial charge in [0.15, 0.2) is 0 Å². The van der Waals surface area contributed by atoms with Crippen LogP contribution in [0.5, 0.6) is 5.75 Å². The summed E-state index contributed by atoms with van der Waals surface area (Å²) in [6.45, 7) is 7.97. The molecule has 1 aromatic rings. The molecule has 1 saturated heterocycles. The Hall–Kier alpha value is -1.06. The third-order valence-electron chi connectivity index (χ3n) is 4.39. The summed E-state index contributed by atoms with van der Waals surface area (Å²) in [7, 11) is 1.72. The van der Waals surface area contributed by atoms with Crippen molar-refractivity contribution in [3.05, 3.63) is 29.8 Å². The molecule has 1 N–H and O–H groups in total. The summed E-state index contributed by atoms with van der Waals surface area (Å²) in [6.07, 6.45) is 3.75. The second-order valence-electron chi connectivity index (χ2n) is 5.53. The first-order valence-corrected chi connectivity index (χ1v) is 7.90. The average Bonchev–Trinajstić information content (AvgIpc) is 2.53. The van der Waals surface area contributed by atoms with Crippen LogP contribution in [-0.4, -0.2) is 37.7 Å². The maximum Gasteiger partial charge on any atom is 0.118 e. The Kier molecular flexibility index (Phi) is 5.86. The number of rotatable bonds is 6. The molecule has 1 aliphatic rings. The van der Waals surface area contributed by atoms with Crippen molar-refractivity contribution in [1.29, 1.82) is 0 Å². The highest BCUT2D eigenvalue weighted by atomic mass is 16.5. The zero-order valence-electron chi connectivity index (χ0n) is 13.1. The standard InChI is InChI=1S/C17H28N2O/c1-4-17(14-8-10-16(20-3)11-9-14)19(5-2)15-7-6-12-18-13-15/h8-11,15,17-18H,4-7,12-13H2,1-3H3. The Balaban J connectivity index is 2.14. The summed E-state index contributed by atoms with van der Waals surface area (Å²) in [5, 5.41) is 3.54.